The van der Waals surface area contributed by atoms with Crippen LogP contribution in [0.2, 0.25) is 5.02 Å². The molecule has 1 fully saturated rings. The van der Waals surface area contributed by atoms with Gasteiger partial charge < -0.3 is 10.2 Å². The van der Waals surface area contributed by atoms with Gasteiger partial charge in [-0.1, -0.05) is 46.7 Å². The number of halogens is 1. The molecule has 0 spiro atoms. The smallest absolute Gasteiger partial charge is 0.286 e. The molecule has 1 aliphatic rings. The minimum absolute atomic E-state index is 0.0307. The van der Waals surface area contributed by atoms with Crippen LogP contribution in [0.5, 0.6) is 0 Å². The number of rotatable bonds is 4. The van der Waals surface area contributed by atoms with Gasteiger partial charge in [0, 0.05) is 35.3 Å². The highest BCUT2D eigenvalue weighted by molar-refractivity contribution is 7.13. The maximum atomic E-state index is 12.9. The zero-order valence-corrected chi connectivity index (χ0v) is 18.0. The number of anilines is 1. The second-order valence-corrected chi connectivity index (χ2v) is 8.81. The third-order valence-corrected chi connectivity index (χ3v) is 6.39. The summed E-state index contributed by atoms with van der Waals surface area (Å²) in [6, 6.07) is 14.6. The van der Waals surface area contributed by atoms with Gasteiger partial charge in [-0.2, -0.15) is 0 Å². The first-order valence-electron chi connectivity index (χ1n) is 9.76. The van der Waals surface area contributed by atoms with Crippen molar-refractivity contribution in [2.45, 2.75) is 25.7 Å². The highest BCUT2D eigenvalue weighted by Gasteiger charge is 2.28. The van der Waals surface area contributed by atoms with Crippen molar-refractivity contribution >= 4 is 40.4 Å². The van der Waals surface area contributed by atoms with Crippen LogP contribution in [0.4, 0.5) is 5.69 Å². The van der Waals surface area contributed by atoms with Gasteiger partial charge in [0.1, 0.15) is 5.01 Å². The normalized spacial score (nSPS) is 16.3. The van der Waals surface area contributed by atoms with Gasteiger partial charge >= 0.3 is 0 Å². The van der Waals surface area contributed by atoms with Crippen molar-refractivity contribution in [3.05, 3.63) is 74.7 Å². The molecule has 0 bridgehead atoms. The summed E-state index contributed by atoms with van der Waals surface area (Å²) in [6.07, 6.45) is 1.81. The number of carbonyl (C=O) groups is 2. The molecule has 1 atom stereocenters. The Balaban J connectivity index is 1.43. The second kappa shape index (κ2) is 8.93. The summed E-state index contributed by atoms with van der Waals surface area (Å²) in [6.45, 7) is 3.31. The third kappa shape index (κ3) is 4.68. The van der Waals surface area contributed by atoms with Gasteiger partial charge in [-0.3, -0.25) is 9.59 Å². The molecule has 2 aromatic carbocycles. The fourth-order valence-corrected chi connectivity index (χ4v) is 4.54. The molecule has 1 N–H and O–H groups in total. The predicted molar refractivity (Wildman–Crippen MR) is 118 cm³/mol. The summed E-state index contributed by atoms with van der Waals surface area (Å²) in [7, 11) is 0. The molecule has 0 unspecified atom stereocenters. The van der Waals surface area contributed by atoms with E-state index in [0.717, 1.165) is 30.0 Å². The number of benzene rings is 2. The van der Waals surface area contributed by atoms with E-state index in [-0.39, 0.29) is 17.7 Å². The number of nitrogens with one attached hydrogen (secondary N) is 1. The van der Waals surface area contributed by atoms with Crippen LogP contribution in [0.15, 0.2) is 48.5 Å². The number of aryl methyl sites for hydroxylation is 1. The van der Waals surface area contributed by atoms with Crippen molar-refractivity contribution < 1.29 is 9.59 Å². The maximum Gasteiger partial charge on any atom is 0.286 e. The van der Waals surface area contributed by atoms with E-state index in [1.807, 2.05) is 36.1 Å². The topological polar surface area (TPSA) is 75.2 Å². The average Bonchev–Trinajstić information content (AvgIpc) is 3.24. The van der Waals surface area contributed by atoms with E-state index >= 15 is 0 Å². The molecule has 1 aromatic heterocycles. The van der Waals surface area contributed by atoms with Crippen LogP contribution in [0.3, 0.4) is 0 Å². The maximum absolute atomic E-state index is 12.9. The van der Waals surface area contributed by atoms with Gasteiger partial charge in [0.05, 0.1) is 0 Å². The number of carbonyl (C=O) groups excluding carboxylic acids is 2. The van der Waals surface area contributed by atoms with E-state index in [0.29, 0.717) is 27.8 Å². The minimum Gasteiger partial charge on any atom is -0.338 e. The summed E-state index contributed by atoms with van der Waals surface area (Å²) in [5.41, 5.74) is 2.43. The van der Waals surface area contributed by atoms with Crippen LogP contribution in [0.25, 0.3) is 0 Å². The Labute approximate surface area is 183 Å². The highest BCUT2D eigenvalue weighted by atomic mass is 35.5. The zero-order valence-electron chi connectivity index (χ0n) is 16.5. The van der Waals surface area contributed by atoms with E-state index in [1.165, 1.54) is 11.3 Å². The van der Waals surface area contributed by atoms with Gasteiger partial charge in [-0.25, -0.2) is 0 Å². The molecule has 2 amide bonds. The average molecular weight is 441 g/mol. The van der Waals surface area contributed by atoms with E-state index in [2.05, 4.69) is 15.5 Å². The van der Waals surface area contributed by atoms with Crippen molar-refractivity contribution in [1.29, 1.82) is 0 Å². The first-order valence-corrected chi connectivity index (χ1v) is 11.0. The van der Waals surface area contributed by atoms with E-state index in [4.69, 9.17) is 11.6 Å². The fourth-order valence-electron chi connectivity index (χ4n) is 3.48. The van der Waals surface area contributed by atoms with Crippen molar-refractivity contribution in [2.24, 2.45) is 0 Å². The lowest BCUT2D eigenvalue weighted by Gasteiger charge is -2.31. The van der Waals surface area contributed by atoms with Crippen molar-refractivity contribution in [2.75, 3.05) is 18.4 Å². The Hall–Kier alpha value is -2.77. The molecule has 0 radical (unpaired) electrons. The lowest BCUT2D eigenvalue weighted by atomic mass is 9.98. The van der Waals surface area contributed by atoms with Crippen LogP contribution in [0.1, 0.15) is 49.5 Å². The van der Waals surface area contributed by atoms with Crippen LogP contribution in [-0.2, 0) is 0 Å². The number of likely N-dealkylation sites (tertiary alicyclic amines) is 1. The molecule has 0 saturated carbocycles. The van der Waals surface area contributed by atoms with Crippen molar-refractivity contribution in [3.8, 4) is 0 Å². The Morgan fingerprint density at radius 2 is 1.97 bits per heavy atom. The summed E-state index contributed by atoms with van der Waals surface area (Å²) >= 11 is 7.24. The molecule has 30 heavy (non-hydrogen) atoms. The van der Waals surface area contributed by atoms with E-state index in [9.17, 15) is 9.59 Å². The zero-order chi connectivity index (χ0) is 21.1. The fraction of sp³-hybridized carbons (Fsp3) is 0.273. The van der Waals surface area contributed by atoms with Crippen LogP contribution < -0.4 is 5.32 Å². The summed E-state index contributed by atoms with van der Waals surface area (Å²) in [5.74, 6) is -0.203. The summed E-state index contributed by atoms with van der Waals surface area (Å²) in [4.78, 5) is 27.2. The molecule has 1 saturated heterocycles. The Kier molecular flexibility index (Phi) is 6.11. The molecule has 4 rings (SSSR count). The summed E-state index contributed by atoms with van der Waals surface area (Å²) < 4.78 is 0. The van der Waals surface area contributed by atoms with Crippen LogP contribution in [0, 0.1) is 6.92 Å². The molecule has 154 valence electrons. The second-order valence-electron chi connectivity index (χ2n) is 7.37. The molecule has 3 aromatic rings. The van der Waals surface area contributed by atoms with E-state index < -0.39 is 0 Å². The first-order chi connectivity index (χ1) is 14.5. The van der Waals surface area contributed by atoms with Gasteiger partial charge in [-0.05, 0) is 50.1 Å². The molecule has 6 nitrogen and oxygen atoms in total. The Morgan fingerprint density at radius 3 is 2.73 bits per heavy atom. The summed E-state index contributed by atoms with van der Waals surface area (Å²) in [5, 5.41) is 12.7. The van der Waals surface area contributed by atoms with Crippen LogP contribution >= 0.6 is 22.9 Å². The molecule has 8 heteroatoms. The van der Waals surface area contributed by atoms with Gasteiger partial charge in [0.25, 0.3) is 11.8 Å². The van der Waals surface area contributed by atoms with E-state index in [1.54, 1.807) is 24.3 Å². The number of amides is 2. The van der Waals surface area contributed by atoms with Crippen molar-refractivity contribution in [1.82, 2.24) is 15.1 Å². The molecule has 1 aliphatic heterocycles. The standard InChI is InChI=1S/C22H21ClN4O2S/c1-14-7-9-15(10-8-14)22(29)27-11-3-4-16(13-27)20-25-26-21(30-20)19(28)24-18-6-2-5-17(23)12-18/h2,5-10,12,16H,3-4,11,13H2,1H3,(H,24,28)/t16-/m0/s1. The monoisotopic (exact) mass is 440 g/mol. The number of piperidine rings is 1. The Bertz CT molecular complexity index is 1070. The third-order valence-electron chi connectivity index (χ3n) is 5.07. The largest absolute Gasteiger partial charge is 0.338 e. The molecular weight excluding hydrogens is 420 g/mol. The van der Waals surface area contributed by atoms with Gasteiger partial charge in [0.2, 0.25) is 5.01 Å². The number of hydrogen-bond acceptors (Lipinski definition) is 5. The lowest BCUT2D eigenvalue weighted by Crippen LogP contribution is -2.39. The van der Waals surface area contributed by atoms with Gasteiger partial charge in [0.15, 0.2) is 0 Å². The van der Waals surface area contributed by atoms with Gasteiger partial charge in [-0.15, -0.1) is 10.2 Å². The number of aromatic nitrogens is 2. The highest BCUT2D eigenvalue weighted by Crippen LogP contribution is 2.30. The SMILES string of the molecule is Cc1ccc(C(=O)N2CCC[C@H](c3nnc(C(=O)Nc4cccc(Cl)c4)s3)C2)cc1. The quantitative estimate of drug-likeness (QED) is 0.633. The predicted octanol–water partition coefficient (Wildman–Crippen LogP) is 4.77. The minimum atomic E-state index is -0.315. The van der Waals surface area contributed by atoms with Crippen molar-refractivity contribution in [3.63, 3.8) is 0 Å². The number of nitrogens with zero attached hydrogens (tertiary/aromatic N) is 3. The number of hydrogen-bond donors (Lipinski definition) is 1. The first kappa shape index (κ1) is 20.5. The molecule has 0 aliphatic carbocycles. The Morgan fingerprint density at radius 1 is 1.17 bits per heavy atom. The molecule has 2 heterocycles. The molecular formula is C22H21ClN4O2S. The van der Waals surface area contributed by atoms with Crippen LogP contribution in [-0.4, -0.2) is 40.0 Å². The lowest BCUT2D eigenvalue weighted by molar-refractivity contribution is 0.0706.